The number of fused-ring (bicyclic) bond motifs is 1. The normalized spacial score (nSPS) is 15.1. The second-order valence-corrected chi connectivity index (χ2v) is 7.39. The van der Waals surface area contributed by atoms with Crippen LogP contribution in [0.25, 0.3) is 0 Å². The van der Waals surface area contributed by atoms with Crippen molar-refractivity contribution < 1.29 is 9.53 Å². The first-order valence-corrected chi connectivity index (χ1v) is 10.0. The second-order valence-electron chi connectivity index (χ2n) is 7.39. The fourth-order valence-corrected chi connectivity index (χ4v) is 3.80. The monoisotopic (exact) mass is 387 g/mol. The van der Waals surface area contributed by atoms with Gasteiger partial charge >= 0.3 is 0 Å². The number of nitrogens with one attached hydrogen (secondary N) is 1. The fraction of sp³-hybridized carbons (Fsp3) is 0.250. The van der Waals surface area contributed by atoms with Gasteiger partial charge in [-0.1, -0.05) is 42.5 Å². The van der Waals surface area contributed by atoms with E-state index in [1.54, 1.807) is 12.1 Å². The first-order valence-electron chi connectivity index (χ1n) is 10.0. The van der Waals surface area contributed by atoms with Gasteiger partial charge in [-0.25, -0.2) is 4.98 Å². The minimum absolute atomic E-state index is 0.371. The SMILES string of the molecule is NC(=O)c1ccc(Oc2cccc3c2CC(NCCCc2ccccc2)C3)nc1. The molecule has 0 aliphatic heterocycles. The molecule has 0 saturated heterocycles. The molecule has 148 valence electrons. The molecule has 0 bridgehead atoms. The summed E-state index contributed by atoms with van der Waals surface area (Å²) in [6.07, 6.45) is 5.60. The molecule has 2 aromatic carbocycles. The number of aryl methyl sites for hydroxylation is 1. The van der Waals surface area contributed by atoms with Crippen molar-refractivity contribution in [2.24, 2.45) is 5.73 Å². The zero-order chi connectivity index (χ0) is 20.1. The molecule has 0 radical (unpaired) electrons. The molecule has 3 aromatic rings. The van der Waals surface area contributed by atoms with Crippen LogP contribution in [0.1, 0.15) is 33.5 Å². The molecular formula is C24H25N3O2. The zero-order valence-electron chi connectivity index (χ0n) is 16.3. The van der Waals surface area contributed by atoms with E-state index in [9.17, 15) is 4.79 Å². The molecule has 1 aliphatic rings. The standard InChI is InChI=1S/C24H25N3O2/c25-24(28)19-11-12-23(27-16-19)29-22-10-4-9-18-14-20(15-21(18)22)26-13-5-8-17-6-2-1-3-7-17/h1-4,6-7,9-12,16,20,26H,5,8,13-15H2,(H2,25,28). The largest absolute Gasteiger partial charge is 0.439 e. The maximum absolute atomic E-state index is 11.2. The molecule has 1 aliphatic carbocycles. The number of primary amides is 1. The van der Waals surface area contributed by atoms with Crippen molar-refractivity contribution in [3.63, 3.8) is 0 Å². The lowest BCUT2D eigenvalue weighted by molar-refractivity contribution is 0.1000. The van der Waals surface area contributed by atoms with E-state index in [1.165, 1.54) is 22.9 Å². The van der Waals surface area contributed by atoms with Gasteiger partial charge in [0.05, 0.1) is 5.56 Å². The third kappa shape index (κ3) is 4.81. The summed E-state index contributed by atoms with van der Waals surface area (Å²) in [5.74, 6) is 0.795. The molecule has 0 spiro atoms. The van der Waals surface area contributed by atoms with E-state index in [-0.39, 0.29) is 0 Å². The molecule has 1 amide bonds. The van der Waals surface area contributed by atoms with Crippen LogP contribution >= 0.6 is 0 Å². The van der Waals surface area contributed by atoms with Gasteiger partial charge in [-0.05, 0) is 61.1 Å². The summed E-state index contributed by atoms with van der Waals surface area (Å²) in [4.78, 5) is 15.4. The predicted molar refractivity (Wildman–Crippen MR) is 113 cm³/mol. The number of nitrogens with zero attached hydrogens (tertiary/aromatic N) is 1. The highest BCUT2D eigenvalue weighted by Gasteiger charge is 2.24. The smallest absolute Gasteiger partial charge is 0.250 e. The Hall–Kier alpha value is -3.18. The van der Waals surface area contributed by atoms with E-state index in [0.29, 0.717) is 17.5 Å². The quantitative estimate of drug-likeness (QED) is 0.578. The summed E-state index contributed by atoms with van der Waals surface area (Å²) in [5.41, 5.74) is 9.56. The van der Waals surface area contributed by atoms with Gasteiger partial charge in [0.1, 0.15) is 5.75 Å². The highest BCUT2D eigenvalue weighted by molar-refractivity contribution is 5.92. The van der Waals surface area contributed by atoms with Crippen LogP contribution in [0, 0.1) is 0 Å². The van der Waals surface area contributed by atoms with Crippen molar-refractivity contribution >= 4 is 5.91 Å². The lowest BCUT2D eigenvalue weighted by Crippen LogP contribution is -2.30. The number of carbonyl (C=O) groups excluding carboxylic acids is 1. The number of benzene rings is 2. The van der Waals surface area contributed by atoms with Gasteiger partial charge < -0.3 is 15.8 Å². The Kier molecular flexibility index (Phi) is 5.86. The Bertz CT molecular complexity index is 971. The number of aromatic nitrogens is 1. The number of hydrogen-bond donors (Lipinski definition) is 2. The summed E-state index contributed by atoms with van der Waals surface area (Å²) in [5, 5.41) is 3.69. The predicted octanol–water partition coefficient (Wildman–Crippen LogP) is 3.66. The Morgan fingerprint density at radius 3 is 2.69 bits per heavy atom. The van der Waals surface area contributed by atoms with Crippen LogP contribution in [0.3, 0.4) is 0 Å². The minimum atomic E-state index is -0.495. The number of carbonyl (C=O) groups is 1. The van der Waals surface area contributed by atoms with Crippen molar-refractivity contribution in [2.75, 3.05) is 6.54 Å². The number of pyridine rings is 1. The van der Waals surface area contributed by atoms with Crippen LogP contribution < -0.4 is 15.8 Å². The molecule has 5 nitrogen and oxygen atoms in total. The lowest BCUT2D eigenvalue weighted by Gasteiger charge is -2.12. The van der Waals surface area contributed by atoms with Gasteiger partial charge in [-0.15, -0.1) is 0 Å². The molecule has 1 unspecified atom stereocenters. The Morgan fingerprint density at radius 1 is 1.07 bits per heavy atom. The van der Waals surface area contributed by atoms with E-state index in [1.807, 2.05) is 12.1 Å². The van der Waals surface area contributed by atoms with Crippen molar-refractivity contribution in [1.82, 2.24) is 10.3 Å². The van der Waals surface area contributed by atoms with Gasteiger partial charge in [0.2, 0.25) is 11.8 Å². The average Bonchev–Trinajstić information content (AvgIpc) is 3.16. The molecule has 29 heavy (non-hydrogen) atoms. The van der Waals surface area contributed by atoms with Crippen LogP contribution in [-0.4, -0.2) is 23.5 Å². The molecule has 1 aromatic heterocycles. The summed E-state index contributed by atoms with van der Waals surface area (Å²) < 4.78 is 6.00. The maximum atomic E-state index is 11.2. The van der Waals surface area contributed by atoms with Crippen LogP contribution in [0.5, 0.6) is 11.6 Å². The number of hydrogen-bond acceptors (Lipinski definition) is 4. The van der Waals surface area contributed by atoms with Crippen molar-refractivity contribution in [2.45, 2.75) is 31.7 Å². The molecule has 1 heterocycles. The van der Waals surface area contributed by atoms with Gasteiger partial charge in [0.15, 0.2) is 0 Å². The molecule has 0 saturated carbocycles. The summed E-state index contributed by atoms with van der Waals surface area (Å²) in [6.45, 7) is 1.000. The molecule has 4 rings (SSSR count). The van der Waals surface area contributed by atoms with Gasteiger partial charge in [0.25, 0.3) is 0 Å². The third-order valence-electron chi connectivity index (χ3n) is 5.30. The molecule has 3 N–H and O–H groups in total. The molecule has 0 fully saturated rings. The Morgan fingerprint density at radius 2 is 1.93 bits per heavy atom. The van der Waals surface area contributed by atoms with E-state index >= 15 is 0 Å². The zero-order valence-corrected chi connectivity index (χ0v) is 16.3. The van der Waals surface area contributed by atoms with Crippen molar-refractivity contribution in [1.29, 1.82) is 0 Å². The number of rotatable bonds is 8. The molecule has 1 atom stereocenters. The van der Waals surface area contributed by atoms with Crippen LogP contribution in [0.2, 0.25) is 0 Å². The lowest BCUT2D eigenvalue weighted by atomic mass is 10.1. The van der Waals surface area contributed by atoms with E-state index in [0.717, 1.165) is 38.0 Å². The van der Waals surface area contributed by atoms with E-state index in [2.05, 4.69) is 46.7 Å². The first kappa shape index (κ1) is 19.2. The highest BCUT2D eigenvalue weighted by Crippen LogP contribution is 2.33. The van der Waals surface area contributed by atoms with Crippen LogP contribution in [0.15, 0.2) is 66.9 Å². The summed E-state index contributed by atoms with van der Waals surface area (Å²) >= 11 is 0. The van der Waals surface area contributed by atoms with Gasteiger partial charge in [-0.3, -0.25) is 4.79 Å². The Labute approximate surface area is 170 Å². The van der Waals surface area contributed by atoms with Crippen molar-refractivity contribution in [3.05, 3.63) is 89.1 Å². The maximum Gasteiger partial charge on any atom is 0.250 e. The van der Waals surface area contributed by atoms with E-state index < -0.39 is 5.91 Å². The first-order chi connectivity index (χ1) is 14.2. The summed E-state index contributed by atoms with van der Waals surface area (Å²) in [7, 11) is 0. The molecular weight excluding hydrogens is 362 g/mol. The van der Waals surface area contributed by atoms with Crippen LogP contribution in [-0.2, 0) is 19.3 Å². The van der Waals surface area contributed by atoms with E-state index in [4.69, 9.17) is 10.5 Å². The highest BCUT2D eigenvalue weighted by atomic mass is 16.5. The van der Waals surface area contributed by atoms with Crippen molar-refractivity contribution in [3.8, 4) is 11.6 Å². The minimum Gasteiger partial charge on any atom is -0.439 e. The Balaban J connectivity index is 1.33. The average molecular weight is 387 g/mol. The second kappa shape index (κ2) is 8.88. The number of ether oxygens (including phenoxy) is 1. The molecule has 5 heteroatoms. The van der Waals surface area contributed by atoms with Gasteiger partial charge in [-0.2, -0.15) is 0 Å². The summed E-state index contributed by atoms with van der Waals surface area (Å²) in [6, 6.07) is 20.5. The van der Waals surface area contributed by atoms with Gasteiger partial charge in [0, 0.05) is 18.3 Å². The number of amides is 1. The van der Waals surface area contributed by atoms with Crippen LogP contribution in [0.4, 0.5) is 0 Å². The third-order valence-corrected chi connectivity index (χ3v) is 5.30. The number of nitrogens with two attached hydrogens (primary N) is 1. The topological polar surface area (TPSA) is 77.2 Å². The fourth-order valence-electron chi connectivity index (χ4n) is 3.80.